The van der Waals surface area contributed by atoms with E-state index in [1.807, 2.05) is 0 Å². The van der Waals surface area contributed by atoms with E-state index >= 15 is 0 Å². The molecule has 0 amide bonds. The molecule has 7 aliphatic rings. The molecular weight excluding hydrogens is 1670 g/mol. The fourth-order valence-corrected chi connectivity index (χ4v) is 140. The van der Waals surface area contributed by atoms with Gasteiger partial charge in [-0.25, -0.2) is 0 Å². The third-order valence-electron chi connectivity index (χ3n) is 6.57. The van der Waals surface area contributed by atoms with Crippen LogP contribution in [-0.4, -0.2) is 247 Å². The maximum atomic E-state index is 2.45. The average Bonchev–Trinajstić information content (AvgIpc) is 3.01. The Labute approximate surface area is 431 Å². The molecule has 0 radical (unpaired) electrons. The second-order valence-corrected chi connectivity index (χ2v) is 105. The van der Waals surface area contributed by atoms with E-state index in [4.69, 9.17) is 0 Å². The first-order valence-electron chi connectivity index (χ1n) is 16.3. The van der Waals surface area contributed by atoms with Gasteiger partial charge in [0.05, 0.1) is 0 Å². The molecular formula is C25H48S20Sb6. The number of hydrogen-bond acceptors (Lipinski definition) is 20. The average molecular weight is 1720 g/mol. The van der Waals surface area contributed by atoms with Crippen LogP contribution in [0.1, 0.15) is 0 Å². The summed E-state index contributed by atoms with van der Waals surface area (Å²) in [5.74, 6) is 26.2. The molecule has 0 saturated carbocycles. The van der Waals surface area contributed by atoms with Gasteiger partial charge in [0, 0.05) is 0 Å². The van der Waals surface area contributed by atoms with Crippen molar-refractivity contribution < 1.29 is 0 Å². The Balaban J connectivity index is 0.000000150. The fraction of sp³-hybridized carbons (Fsp3) is 1.00. The number of hydrogen-bond donors (Lipinski definition) is 0. The quantitative estimate of drug-likeness (QED) is 0.0608. The van der Waals surface area contributed by atoms with Crippen LogP contribution in [0.4, 0.5) is 0 Å². The molecule has 0 spiro atoms. The Morgan fingerprint density at radius 3 is 0.902 bits per heavy atom. The van der Waals surface area contributed by atoms with Gasteiger partial charge < -0.3 is 0 Å². The first kappa shape index (κ1) is 53.9. The predicted octanol–water partition coefficient (Wildman–Crippen LogP) is 9.92. The zero-order chi connectivity index (χ0) is 35.0. The van der Waals surface area contributed by atoms with E-state index in [9.17, 15) is 0 Å². The van der Waals surface area contributed by atoms with E-state index in [-0.39, 0.29) is 75.3 Å². The Morgan fingerprint density at radius 1 is 0.373 bits per heavy atom. The zero-order valence-electron chi connectivity index (χ0n) is 28.0. The van der Waals surface area contributed by atoms with Crippen LogP contribution in [0.3, 0.4) is 0 Å². The first-order valence-corrected chi connectivity index (χ1v) is 82.9. The van der Waals surface area contributed by atoms with Gasteiger partial charge in [0.25, 0.3) is 0 Å². The minimum atomic E-state index is -1.05. The molecule has 7 aliphatic heterocycles. The molecule has 7 rings (SSSR count). The van der Waals surface area contributed by atoms with Gasteiger partial charge in [-0.15, -0.1) is 0 Å². The van der Waals surface area contributed by atoms with Crippen molar-refractivity contribution >= 4 is 302 Å². The molecule has 7 saturated heterocycles. The Kier molecular flexibility index (Phi) is 39.0. The van der Waals surface area contributed by atoms with Crippen LogP contribution in [0.5, 0.6) is 0 Å². The standard InChI is InChI=1S/6C3H6S2.3C2H6S2.CH4S2.6Sb.4H/c6*4-3-1-5-2-3;3*3-1-2-4;2-1-3;;;;;;;;;;/h6*3-4H,1-2H2;3*3-4H,1-2H2;2-3H,1H2;;;;;;;;;;/q;;;;;;;;;;4*+2;2*+3;;;;/p-14. The van der Waals surface area contributed by atoms with Gasteiger partial charge in [0.1, 0.15) is 0 Å². The summed E-state index contributed by atoms with van der Waals surface area (Å²) < 4.78 is 0. The summed E-state index contributed by atoms with van der Waals surface area (Å²) in [5, 5.41) is 7.81. The minimum absolute atomic E-state index is 0.0805. The van der Waals surface area contributed by atoms with Crippen LogP contribution < -0.4 is 0 Å². The molecule has 0 aromatic rings. The summed E-state index contributed by atoms with van der Waals surface area (Å²) in [7, 11) is 33.3. The SMILES string of the molecule is C(C[S][SbH][S]C1CSC1)[S][SbH][S]C1CSC1.C([S][SbH][S]C1CSC1)[S][SbH][S]C1CSC1.C1C[S][Sb]([S]C2CSC2)[S]CC[S][Sb]([S]C2CSC2)[S]1. The molecule has 51 heavy (non-hydrogen) atoms. The first-order chi connectivity index (χ1) is 25.3. The van der Waals surface area contributed by atoms with Crippen molar-refractivity contribution in [1.29, 1.82) is 0 Å². The summed E-state index contributed by atoms with van der Waals surface area (Å²) >= 11 is 10.4. The molecule has 298 valence electrons. The Hall–Kier alpha value is 11.9. The summed E-state index contributed by atoms with van der Waals surface area (Å²) in [4.78, 5) is 0. The second-order valence-electron chi connectivity index (χ2n) is 10.9. The fourth-order valence-electron chi connectivity index (χ4n) is 3.22. The molecule has 26 heteroatoms. The van der Waals surface area contributed by atoms with E-state index in [1.165, 1.54) is 109 Å². The molecule has 0 unspecified atom stereocenters. The van der Waals surface area contributed by atoms with Crippen LogP contribution >= 0.6 is 194 Å². The second kappa shape index (κ2) is 36.9. The molecule has 7 heterocycles. The molecule has 0 bridgehead atoms. The van der Waals surface area contributed by atoms with E-state index in [2.05, 4.69) is 194 Å². The van der Waals surface area contributed by atoms with Crippen LogP contribution in [0.2, 0.25) is 0 Å². The van der Waals surface area contributed by atoms with Crippen LogP contribution in [0.25, 0.3) is 0 Å². The van der Waals surface area contributed by atoms with E-state index in [0.29, 0.717) is 0 Å². The summed E-state index contributed by atoms with van der Waals surface area (Å²) in [6.45, 7) is 0. The van der Waals surface area contributed by atoms with Crippen molar-refractivity contribution in [3.63, 3.8) is 0 Å². The van der Waals surface area contributed by atoms with Gasteiger partial charge in [-0.3, -0.25) is 0 Å². The molecule has 7 fully saturated rings. The van der Waals surface area contributed by atoms with Gasteiger partial charge in [0.15, 0.2) is 0 Å². The third kappa shape index (κ3) is 26.9. The van der Waals surface area contributed by atoms with Crippen LogP contribution in [0, 0.1) is 0 Å². The molecule has 0 N–H and O–H groups in total. The van der Waals surface area contributed by atoms with Crippen molar-refractivity contribution in [1.82, 2.24) is 0 Å². The van der Waals surface area contributed by atoms with Gasteiger partial charge in [-0.2, -0.15) is 0 Å². The summed E-state index contributed by atoms with van der Waals surface area (Å²) in [5.41, 5.74) is 0. The molecule has 0 aliphatic carbocycles. The molecule has 0 aromatic heterocycles. The van der Waals surface area contributed by atoms with E-state index in [1.54, 1.807) is 0 Å². The topological polar surface area (TPSA) is 0 Å². The molecule has 0 atom stereocenters. The van der Waals surface area contributed by atoms with E-state index < -0.39 is 32.0 Å². The Morgan fingerprint density at radius 2 is 0.647 bits per heavy atom. The van der Waals surface area contributed by atoms with Crippen molar-refractivity contribution in [2.45, 2.75) is 31.5 Å². The summed E-state index contributed by atoms with van der Waals surface area (Å²) in [6, 6.07) is 0. The molecule has 0 nitrogen and oxygen atoms in total. The number of thioether (sulfide) groups is 6. The van der Waals surface area contributed by atoms with Gasteiger partial charge in [-0.05, 0) is 0 Å². The third-order valence-corrected chi connectivity index (χ3v) is 118. The molecule has 0 aromatic carbocycles. The van der Waals surface area contributed by atoms with Crippen molar-refractivity contribution in [3.8, 4) is 0 Å². The van der Waals surface area contributed by atoms with Crippen molar-refractivity contribution in [2.75, 3.05) is 109 Å². The van der Waals surface area contributed by atoms with Gasteiger partial charge in [0.2, 0.25) is 0 Å². The van der Waals surface area contributed by atoms with Crippen molar-refractivity contribution in [2.24, 2.45) is 0 Å². The zero-order valence-corrected chi connectivity index (χ0v) is 60.8. The van der Waals surface area contributed by atoms with Crippen LogP contribution in [0.15, 0.2) is 0 Å². The Bertz CT molecular complexity index is 782. The van der Waals surface area contributed by atoms with Gasteiger partial charge >= 0.3 is 442 Å². The maximum absolute atomic E-state index is 2.45. The van der Waals surface area contributed by atoms with Gasteiger partial charge in [-0.1, -0.05) is 0 Å². The number of rotatable bonds is 21. The normalized spacial score (nSPS) is 24.7. The van der Waals surface area contributed by atoms with Crippen molar-refractivity contribution in [3.05, 3.63) is 0 Å². The summed E-state index contributed by atoms with van der Waals surface area (Å²) in [6.07, 6.45) is 0. The monoisotopic (exact) mass is 1710 g/mol. The predicted molar refractivity (Wildman–Crippen MR) is 307 cm³/mol. The van der Waals surface area contributed by atoms with Crippen LogP contribution in [-0.2, 0) is 0 Å². The van der Waals surface area contributed by atoms with E-state index in [0.717, 1.165) is 31.5 Å².